The quantitative estimate of drug-likeness (QED) is 0.449. The third-order valence-corrected chi connectivity index (χ3v) is 3.98. The fourth-order valence-electron chi connectivity index (χ4n) is 2.03. The van der Waals surface area contributed by atoms with Gasteiger partial charge in [0.15, 0.2) is 11.5 Å². The van der Waals surface area contributed by atoms with Gasteiger partial charge in [-0.1, -0.05) is 46.9 Å². The van der Waals surface area contributed by atoms with Crippen LogP contribution in [0.25, 0.3) is 6.08 Å². The Morgan fingerprint density at radius 1 is 1.19 bits per heavy atom. The Hall–Kier alpha value is -2.22. The zero-order valence-corrected chi connectivity index (χ0v) is 16.0. The first kappa shape index (κ1) is 21.1. The average molecular weight is 438 g/mol. The molecule has 0 aliphatic heterocycles. The lowest BCUT2D eigenvalue weighted by atomic mass is 10.1. The molecule has 0 aliphatic carbocycles. The molecule has 10 heteroatoms. The normalized spacial score (nSPS) is 10.9. The lowest BCUT2D eigenvalue weighted by Gasteiger charge is -2.12. The second-order valence-electron chi connectivity index (χ2n) is 4.95. The average Bonchev–Trinajstić information content (AvgIpc) is 2.59. The highest BCUT2D eigenvalue weighted by Crippen LogP contribution is 2.34. The van der Waals surface area contributed by atoms with E-state index in [4.69, 9.17) is 39.5 Å². The molecule has 1 amide bonds. The van der Waals surface area contributed by atoms with Crippen LogP contribution in [0.1, 0.15) is 5.56 Å². The molecule has 5 nitrogen and oxygen atoms in total. The summed E-state index contributed by atoms with van der Waals surface area (Å²) >= 11 is 17.8. The SMILES string of the molecule is COc1cccc(/C=C/C(=O)NNc2c(Cl)cc(Cl)cc2Cl)c1OC(F)F. The summed E-state index contributed by atoms with van der Waals surface area (Å²) in [7, 11) is 1.32. The van der Waals surface area contributed by atoms with E-state index in [1.807, 2.05) is 0 Å². The highest BCUT2D eigenvalue weighted by molar-refractivity contribution is 6.41. The summed E-state index contributed by atoms with van der Waals surface area (Å²) in [5.41, 5.74) is 5.40. The largest absolute Gasteiger partial charge is 0.493 e. The van der Waals surface area contributed by atoms with E-state index in [9.17, 15) is 13.6 Å². The van der Waals surface area contributed by atoms with Crippen LogP contribution in [0.5, 0.6) is 11.5 Å². The molecule has 0 atom stereocenters. The van der Waals surface area contributed by atoms with Crippen LogP contribution in [-0.2, 0) is 4.79 Å². The standard InChI is InChI=1S/C17H13Cl3F2N2O3/c1-26-13-4-2-3-9(16(13)27-17(21)22)5-6-14(25)23-24-15-11(19)7-10(18)8-12(15)20/h2-8,17,24H,1H3,(H,23,25)/b6-5+. The first-order chi connectivity index (χ1) is 12.8. The van der Waals surface area contributed by atoms with Crippen LogP contribution in [0.4, 0.5) is 14.5 Å². The van der Waals surface area contributed by atoms with Crippen molar-refractivity contribution in [2.45, 2.75) is 6.61 Å². The van der Waals surface area contributed by atoms with E-state index in [2.05, 4.69) is 15.6 Å². The predicted octanol–water partition coefficient (Wildman–Crippen LogP) is 5.41. The summed E-state index contributed by atoms with van der Waals surface area (Å²) in [6, 6.07) is 7.42. The number of hydrogen-bond donors (Lipinski definition) is 2. The molecule has 0 saturated heterocycles. The zero-order valence-electron chi connectivity index (χ0n) is 13.7. The van der Waals surface area contributed by atoms with Gasteiger partial charge in [-0.3, -0.25) is 15.6 Å². The summed E-state index contributed by atoms with van der Waals surface area (Å²) in [4.78, 5) is 12.0. The molecule has 0 heterocycles. The monoisotopic (exact) mass is 436 g/mol. The molecule has 144 valence electrons. The van der Waals surface area contributed by atoms with E-state index in [0.29, 0.717) is 5.02 Å². The minimum atomic E-state index is -3.04. The highest BCUT2D eigenvalue weighted by atomic mass is 35.5. The van der Waals surface area contributed by atoms with Gasteiger partial charge in [0.1, 0.15) is 0 Å². The van der Waals surface area contributed by atoms with E-state index < -0.39 is 12.5 Å². The van der Waals surface area contributed by atoms with E-state index in [1.165, 1.54) is 37.5 Å². The third kappa shape index (κ3) is 5.89. The minimum Gasteiger partial charge on any atom is -0.493 e. The van der Waals surface area contributed by atoms with E-state index in [0.717, 1.165) is 6.08 Å². The van der Waals surface area contributed by atoms with Crippen molar-refractivity contribution in [3.63, 3.8) is 0 Å². The number of alkyl halides is 2. The number of para-hydroxylation sites is 1. The van der Waals surface area contributed by atoms with Crippen LogP contribution in [0.3, 0.4) is 0 Å². The van der Waals surface area contributed by atoms with Crippen molar-refractivity contribution in [3.8, 4) is 11.5 Å². The minimum absolute atomic E-state index is 0.107. The van der Waals surface area contributed by atoms with Crippen LogP contribution >= 0.6 is 34.8 Å². The Balaban J connectivity index is 2.11. The molecule has 2 rings (SSSR count). The number of anilines is 1. The molecule has 0 aromatic heterocycles. The van der Waals surface area contributed by atoms with Crippen LogP contribution in [0, 0.1) is 0 Å². The third-order valence-electron chi connectivity index (χ3n) is 3.17. The maximum Gasteiger partial charge on any atom is 0.387 e. The molecule has 0 fully saturated rings. The maximum atomic E-state index is 12.6. The second kappa shape index (κ2) is 9.64. The van der Waals surface area contributed by atoms with Gasteiger partial charge in [0.25, 0.3) is 5.91 Å². The molecule has 0 aliphatic rings. The van der Waals surface area contributed by atoms with Crippen molar-refractivity contribution in [3.05, 3.63) is 57.0 Å². The molecule has 27 heavy (non-hydrogen) atoms. The van der Waals surface area contributed by atoms with Crippen LogP contribution in [0.2, 0.25) is 15.1 Å². The predicted molar refractivity (Wildman–Crippen MR) is 102 cm³/mol. The number of ether oxygens (including phenoxy) is 2. The van der Waals surface area contributed by atoms with Gasteiger partial charge in [-0.2, -0.15) is 8.78 Å². The number of rotatable bonds is 7. The molecule has 2 aromatic carbocycles. The zero-order chi connectivity index (χ0) is 20.0. The molecule has 0 radical (unpaired) electrons. The number of benzene rings is 2. The van der Waals surface area contributed by atoms with Gasteiger partial charge < -0.3 is 9.47 Å². The van der Waals surface area contributed by atoms with Crippen LogP contribution in [0.15, 0.2) is 36.4 Å². The summed E-state index contributed by atoms with van der Waals surface area (Å²) in [5, 5.41) is 0.751. The first-order valence-electron chi connectivity index (χ1n) is 7.32. The second-order valence-corrected chi connectivity index (χ2v) is 6.20. The molecule has 2 N–H and O–H groups in total. The van der Waals surface area contributed by atoms with Crippen molar-refractivity contribution < 1.29 is 23.0 Å². The van der Waals surface area contributed by atoms with Gasteiger partial charge in [0, 0.05) is 16.7 Å². The highest BCUT2D eigenvalue weighted by Gasteiger charge is 2.14. The number of amides is 1. The van der Waals surface area contributed by atoms with Crippen molar-refractivity contribution >= 4 is 52.5 Å². The Kier molecular flexibility index (Phi) is 7.53. The van der Waals surface area contributed by atoms with Gasteiger partial charge in [-0.15, -0.1) is 0 Å². The van der Waals surface area contributed by atoms with Crippen molar-refractivity contribution in [2.75, 3.05) is 12.5 Å². The molecular weight excluding hydrogens is 425 g/mol. The molecule has 0 spiro atoms. The van der Waals surface area contributed by atoms with Crippen molar-refractivity contribution in [1.29, 1.82) is 0 Å². The number of carbonyl (C=O) groups is 1. The van der Waals surface area contributed by atoms with E-state index in [1.54, 1.807) is 6.07 Å². The lowest BCUT2D eigenvalue weighted by Crippen LogP contribution is -2.27. The Labute approximate surface area is 168 Å². The van der Waals surface area contributed by atoms with Crippen LogP contribution < -0.4 is 20.3 Å². The lowest BCUT2D eigenvalue weighted by molar-refractivity contribution is -0.115. The Morgan fingerprint density at radius 3 is 2.44 bits per heavy atom. The van der Waals surface area contributed by atoms with Crippen molar-refractivity contribution in [2.24, 2.45) is 0 Å². The van der Waals surface area contributed by atoms with Crippen LogP contribution in [-0.4, -0.2) is 19.6 Å². The first-order valence-corrected chi connectivity index (χ1v) is 8.45. The number of methoxy groups -OCH3 is 1. The summed E-state index contributed by atoms with van der Waals surface area (Å²) < 4.78 is 34.7. The maximum absolute atomic E-state index is 12.6. The number of hydrogen-bond acceptors (Lipinski definition) is 4. The molecule has 0 bridgehead atoms. The van der Waals surface area contributed by atoms with Gasteiger partial charge >= 0.3 is 6.61 Å². The molecular formula is C17H13Cl3F2N2O3. The van der Waals surface area contributed by atoms with E-state index >= 15 is 0 Å². The number of hydrazine groups is 1. The molecule has 0 saturated carbocycles. The molecule has 2 aromatic rings. The van der Waals surface area contributed by atoms with Gasteiger partial charge in [0.05, 0.1) is 22.8 Å². The smallest absolute Gasteiger partial charge is 0.387 e. The summed E-state index contributed by atoms with van der Waals surface area (Å²) in [6.07, 6.45) is 2.40. The van der Waals surface area contributed by atoms with Gasteiger partial charge in [-0.05, 0) is 24.3 Å². The fourth-order valence-corrected chi connectivity index (χ4v) is 2.94. The topological polar surface area (TPSA) is 59.6 Å². The van der Waals surface area contributed by atoms with Gasteiger partial charge in [-0.25, -0.2) is 0 Å². The van der Waals surface area contributed by atoms with Gasteiger partial charge in [0.2, 0.25) is 0 Å². The van der Waals surface area contributed by atoms with Crippen molar-refractivity contribution in [1.82, 2.24) is 5.43 Å². The number of carbonyl (C=O) groups excluding carboxylic acids is 1. The Bertz CT molecular complexity index is 840. The fraction of sp³-hybridized carbons (Fsp3) is 0.118. The summed E-state index contributed by atoms with van der Waals surface area (Å²) in [5.74, 6) is -0.672. The van der Waals surface area contributed by atoms with E-state index in [-0.39, 0.29) is 32.8 Å². The number of nitrogens with one attached hydrogen (secondary N) is 2. The number of halogens is 5. The molecule has 0 unspecified atom stereocenters. The Morgan fingerprint density at radius 2 is 1.85 bits per heavy atom. The summed E-state index contributed by atoms with van der Waals surface area (Å²) in [6.45, 7) is -3.04.